The summed E-state index contributed by atoms with van der Waals surface area (Å²) in [7, 11) is -2.37. The Morgan fingerprint density at radius 2 is 2.00 bits per heavy atom. The molecule has 4 heterocycles. The normalized spacial score (nSPS) is 21.5. The molecule has 0 fully saturated rings. The van der Waals surface area contributed by atoms with E-state index in [9.17, 15) is 12.8 Å². The van der Waals surface area contributed by atoms with Crippen molar-refractivity contribution in [3.8, 4) is 21.8 Å². The van der Waals surface area contributed by atoms with E-state index in [4.69, 9.17) is 10.2 Å². The van der Waals surface area contributed by atoms with Crippen LogP contribution < -0.4 is 5.73 Å². The molecule has 146 valence electrons. The van der Waals surface area contributed by atoms with E-state index in [1.54, 1.807) is 31.6 Å². The topological polar surface area (TPSA) is 115 Å². The lowest BCUT2D eigenvalue weighted by Gasteiger charge is -2.33. The number of aromatic nitrogens is 2. The molecule has 1 aliphatic heterocycles. The van der Waals surface area contributed by atoms with Crippen LogP contribution in [-0.2, 0) is 15.6 Å². The molecule has 0 saturated carbocycles. The fourth-order valence-electron chi connectivity index (χ4n) is 3.01. The maximum Gasteiger partial charge on any atom is 0.239 e. The van der Waals surface area contributed by atoms with Gasteiger partial charge >= 0.3 is 0 Å². The maximum absolute atomic E-state index is 14.8. The minimum absolute atomic E-state index is 0.169. The number of halogens is 1. The van der Waals surface area contributed by atoms with E-state index in [1.807, 2.05) is 0 Å². The highest BCUT2D eigenvalue weighted by Gasteiger charge is 2.43. The molecule has 11 heteroatoms. The fraction of sp³-hybridized carbons (Fsp3) is 0.235. The largest absolute Gasteiger partial charge is 0.443 e. The van der Waals surface area contributed by atoms with Gasteiger partial charge in [-0.05, 0) is 19.1 Å². The van der Waals surface area contributed by atoms with Crippen LogP contribution in [0.1, 0.15) is 11.8 Å². The average molecular weight is 421 g/mol. The summed E-state index contributed by atoms with van der Waals surface area (Å²) in [5, 5.41) is 0. The Labute approximate surface area is 164 Å². The zero-order valence-electron chi connectivity index (χ0n) is 15.0. The first kappa shape index (κ1) is 18.6. The van der Waals surface area contributed by atoms with Crippen LogP contribution in [0.4, 0.5) is 4.39 Å². The van der Waals surface area contributed by atoms with Gasteiger partial charge in [-0.25, -0.2) is 27.1 Å². The van der Waals surface area contributed by atoms with Crippen molar-refractivity contribution >= 4 is 27.3 Å². The number of hydrogen-bond acceptors (Lipinski definition) is 8. The number of aliphatic imine (C=N–C) groups is 1. The molecular formula is C17H16FN5O3S2. The molecule has 0 radical (unpaired) electrons. The maximum atomic E-state index is 14.8. The van der Waals surface area contributed by atoms with Gasteiger partial charge < -0.3 is 10.2 Å². The van der Waals surface area contributed by atoms with Crippen LogP contribution >= 0.6 is 11.3 Å². The predicted molar refractivity (Wildman–Crippen MR) is 104 cm³/mol. The molecule has 1 atom stereocenters. The highest BCUT2D eigenvalue weighted by Crippen LogP contribution is 2.41. The van der Waals surface area contributed by atoms with Gasteiger partial charge in [0, 0.05) is 35.4 Å². The zero-order valence-corrected chi connectivity index (χ0v) is 16.6. The second-order valence-electron chi connectivity index (χ2n) is 6.58. The molecule has 3 aromatic heterocycles. The van der Waals surface area contributed by atoms with E-state index in [0.29, 0.717) is 21.8 Å². The van der Waals surface area contributed by atoms with Crippen LogP contribution in [0.2, 0.25) is 0 Å². The molecule has 8 nitrogen and oxygen atoms in total. The molecule has 1 unspecified atom stereocenters. The van der Waals surface area contributed by atoms with Crippen molar-refractivity contribution in [2.75, 3.05) is 12.8 Å². The molecule has 0 spiro atoms. The van der Waals surface area contributed by atoms with E-state index in [1.165, 1.54) is 19.5 Å². The van der Waals surface area contributed by atoms with Gasteiger partial charge in [0.25, 0.3) is 0 Å². The van der Waals surface area contributed by atoms with Crippen LogP contribution in [0.5, 0.6) is 0 Å². The highest BCUT2D eigenvalue weighted by atomic mass is 32.2. The Hall–Kier alpha value is -2.79. The van der Waals surface area contributed by atoms with Gasteiger partial charge in [-0.3, -0.25) is 4.98 Å². The molecule has 1 aliphatic rings. The Morgan fingerprint density at radius 1 is 1.25 bits per heavy atom. The van der Waals surface area contributed by atoms with Gasteiger partial charge in [-0.15, -0.1) is 11.3 Å². The number of hydrogen-bond donors (Lipinski definition) is 1. The Morgan fingerprint density at radius 3 is 2.68 bits per heavy atom. The summed E-state index contributed by atoms with van der Waals surface area (Å²) in [4.78, 5) is 13.1. The number of nitrogens with two attached hydrogens (primary N) is 1. The molecular weight excluding hydrogens is 405 g/mol. The lowest BCUT2D eigenvalue weighted by atomic mass is 10.0. The van der Waals surface area contributed by atoms with Crippen molar-refractivity contribution in [3.63, 3.8) is 0 Å². The van der Waals surface area contributed by atoms with Crippen LogP contribution in [0.15, 0.2) is 46.5 Å². The van der Waals surface area contributed by atoms with Crippen molar-refractivity contribution in [1.29, 1.82) is 0 Å². The number of oxazole rings is 1. The molecule has 0 bridgehead atoms. The van der Waals surface area contributed by atoms with Crippen LogP contribution in [0, 0.1) is 5.82 Å². The molecule has 0 amide bonds. The summed E-state index contributed by atoms with van der Waals surface area (Å²) < 4.78 is 45.7. The standard InChI is InChI=1S/C17H16FN5O3S2/c1-17(8-28(24,25)23(2)16(19)22-17)15-12(18)4-14(27-15)11-3-10(5-20-6-11)13-7-21-9-26-13/h3-7,9H,8H2,1-2H3,(H2,19,22). The second kappa shape index (κ2) is 6.38. The van der Waals surface area contributed by atoms with Gasteiger partial charge in [0.05, 0.1) is 16.8 Å². The van der Waals surface area contributed by atoms with Gasteiger partial charge in [-0.2, -0.15) is 0 Å². The smallest absolute Gasteiger partial charge is 0.239 e. The summed E-state index contributed by atoms with van der Waals surface area (Å²) >= 11 is 1.12. The third-order valence-electron chi connectivity index (χ3n) is 4.48. The van der Waals surface area contributed by atoms with Crippen molar-refractivity contribution in [2.45, 2.75) is 12.5 Å². The Bertz CT molecular complexity index is 1170. The molecule has 28 heavy (non-hydrogen) atoms. The molecule has 0 aromatic carbocycles. The molecule has 0 saturated heterocycles. The van der Waals surface area contributed by atoms with Crippen LogP contribution in [0.25, 0.3) is 21.8 Å². The Kier molecular flexibility index (Phi) is 4.23. The van der Waals surface area contributed by atoms with Gasteiger partial charge in [0.1, 0.15) is 11.4 Å². The third-order valence-corrected chi connectivity index (χ3v) is 7.84. The van der Waals surface area contributed by atoms with Gasteiger partial charge in [-0.1, -0.05) is 0 Å². The van der Waals surface area contributed by atoms with E-state index in [-0.39, 0.29) is 16.6 Å². The summed E-state index contributed by atoms with van der Waals surface area (Å²) in [6, 6.07) is 3.15. The minimum Gasteiger partial charge on any atom is -0.443 e. The summed E-state index contributed by atoms with van der Waals surface area (Å²) in [5.74, 6) is -0.539. The Balaban J connectivity index is 1.77. The predicted octanol–water partition coefficient (Wildman–Crippen LogP) is 2.41. The van der Waals surface area contributed by atoms with Crippen molar-refractivity contribution in [3.05, 3.63) is 47.8 Å². The van der Waals surface area contributed by atoms with Gasteiger partial charge in [0.15, 0.2) is 12.2 Å². The zero-order chi connectivity index (χ0) is 20.1. The van der Waals surface area contributed by atoms with Crippen LogP contribution in [0.3, 0.4) is 0 Å². The van der Waals surface area contributed by atoms with Crippen LogP contribution in [-0.4, -0.2) is 41.5 Å². The number of rotatable bonds is 3. The monoisotopic (exact) mass is 421 g/mol. The lowest BCUT2D eigenvalue weighted by molar-refractivity contribution is 0.466. The summed E-state index contributed by atoms with van der Waals surface area (Å²) in [5.41, 5.74) is 5.82. The molecule has 3 aromatic rings. The lowest BCUT2D eigenvalue weighted by Crippen LogP contribution is -2.50. The molecule has 4 rings (SSSR count). The third kappa shape index (κ3) is 3.06. The number of thiophene rings is 1. The van der Waals surface area contributed by atoms with E-state index in [0.717, 1.165) is 15.6 Å². The van der Waals surface area contributed by atoms with Crippen molar-refractivity contribution in [1.82, 2.24) is 14.3 Å². The van der Waals surface area contributed by atoms with Crippen molar-refractivity contribution < 1.29 is 17.2 Å². The molecule has 2 N–H and O–H groups in total. The number of nitrogens with zero attached hydrogens (tertiary/aromatic N) is 4. The quantitative estimate of drug-likeness (QED) is 0.694. The first-order chi connectivity index (χ1) is 13.2. The van der Waals surface area contributed by atoms with Gasteiger partial charge in [0.2, 0.25) is 16.0 Å². The number of pyridine rings is 1. The molecule has 0 aliphatic carbocycles. The second-order valence-corrected chi connectivity index (χ2v) is 9.64. The van der Waals surface area contributed by atoms with E-state index in [2.05, 4.69) is 15.0 Å². The highest BCUT2D eigenvalue weighted by molar-refractivity contribution is 7.89. The van der Waals surface area contributed by atoms with Crippen molar-refractivity contribution in [2.24, 2.45) is 10.7 Å². The first-order valence-electron chi connectivity index (χ1n) is 8.16. The summed E-state index contributed by atoms with van der Waals surface area (Å²) in [6.45, 7) is 1.56. The minimum atomic E-state index is -3.69. The summed E-state index contributed by atoms with van der Waals surface area (Å²) in [6.07, 6.45) is 6.09. The SMILES string of the molecule is CN1C(N)=NC(C)(c2sc(-c3cncc(-c4cnco4)c3)cc2F)CS1(=O)=O. The number of guanidine groups is 1. The van der Waals surface area contributed by atoms with E-state index < -0.39 is 21.4 Å². The first-order valence-corrected chi connectivity index (χ1v) is 10.6. The fourth-order valence-corrected chi connectivity index (χ4v) is 5.65. The number of sulfonamides is 1. The van der Waals surface area contributed by atoms with E-state index >= 15 is 0 Å². The average Bonchev–Trinajstić information content (AvgIpc) is 3.29.